The van der Waals surface area contributed by atoms with Gasteiger partial charge in [0.2, 0.25) is 0 Å². The van der Waals surface area contributed by atoms with Gasteiger partial charge in [-0.15, -0.1) is 11.3 Å². The number of hydrogen-bond acceptors (Lipinski definition) is 5. The molecule has 1 fully saturated rings. The van der Waals surface area contributed by atoms with Gasteiger partial charge in [-0.05, 0) is 31.9 Å². The number of likely N-dealkylation sites (N-methyl/N-ethyl adjacent to an activating group) is 1. The van der Waals surface area contributed by atoms with E-state index in [1.807, 2.05) is 6.20 Å². The molecule has 2 unspecified atom stereocenters. The molecule has 2 aliphatic rings. The monoisotopic (exact) mass is 322 g/mol. The molecule has 1 aromatic rings. The van der Waals surface area contributed by atoms with Gasteiger partial charge in [-0.25, -0.2) is 14.6 Å². The van der Waals surface area contributed by atoms with Crippen LogP contribution in [-0.4, -0.2) is 51.2 Å². The molecule has 0 radical (unpaired) electrons. The Bertz CT molecular complexity index is 579. The lowest BCUT2D eigenvalue weighted by molar-refractivity contribution is -0.134. The molecule has 22 heavy (non-hydrogen) atoms. The minimum Gasteiger partial charge on any atom is -0.478 e. The van der Waals surface area contributed by atoms with Crippen molar-refractivity contribution < 1.29 is 19.8 Å². The van der Waals surface area contributed by atoms with Crippen molar-refractivity contribution in [3.05, 3.63) is 34.8 Å². The van der Waals surface area contributed by atoms with E-state index >= 15 is 0 Å². The quantitative estimate of drug-likeness (QED) is 0.828. The third-order valence-electron chi connectivity index (χ3n) is 3.82. The summed E-state index contributed by atoms with van der Waals surface area (Å²) in [6.07, 6.45) is 9.32. The number of nitrogens with zero attached hydrogens (tertiary/aromatic N) is 2. The van der Waals surface area contributed by atoms with Crippen LogP contribution in [0.1, 0.15) is 24.3 Å². The van der Waals surface area contributed by atoms with Gasteiger partial charge in [0.05, 0.1) is 0 Å². The Morgan fingerprint density at radius 3 is 2.50 bits per heavy atom. The maximum atomic E-state index is 9.55. The van der Waals surface area contributed by atoms with E-state index in [1.54, 1.807) is 11.3 Å². The van der Waals surface area contributed by atoms with Crippen LogP contribution < -0.4 is 0 Å². The maximum absolute atomic E-state index is 9.55. The number of rotatable bonds is 3. The Kier molecular flexibility index (Phi) is 5.46. The molecule has 1 saturated heterocycles. The lowest BCUT2D eigenvalue weighted by Gasteiger charge is -2.29. The highest BCUT2D eigenvalue weighted by molar-refractivity contribution is 7.10. The molecular formula is C15H18N2O4S. The molecule has 2 aliphatic heterocycles. The number of carboxylic acids is 2. The highest BCUT2D eigenvalue weighted by Crippen LogP contribution is 2.37. The second kappa shape index (κ2) is 7.33. The van der Waals surface area contributed by atoms with Crippen LogP contribution >= 0.6 is 11.3 Å². The average Bonchev–Trinajstić information content (AvgIpc) is 3.04. The van der Waals surface area contributed by atoms with E-state index in [2.05, 4.69) is 28.4 Å². The summed E-state index contributed by atoms with van der Waals surface area (Å²) >= 11 is 1.76. The van der Waals surface area contributed by atoms with Crippen LogP contribution in [0.3, 0.4) is 0 Å². The predicted octanol–water partition coefficient (Wildman–Crippen LogP) is 2.10. The Morgan fingerprint density at radius 1 is 1.32 bits per heavy atom. The molecule has 2 atom stereocenters. The zero-order chi connectivity index (χ0) is 16.1. The zero-order valence-corrected chi connectivity index (χ0v) is 13.0. The van der Waals surface area contributed by atoms with E-state index in [4.69, 9.17) is 10.2 Å². The fourth-order valence-corrected chi connectivity index (χ4v) is 3.40. The average molecular weight is 322 g/mol. The van der Waals surface area contributed by atoms with Gasteiger partial charge in [0.1, 0.15) is 5.01 Å². The minimum atomic E-state index is -1.26. The SMILES string of the molecule is CN1C2C=C(c3nccs3)CC1CC2.O=C(O)/C=C/C(=O)O. The standard InChI is InChI=1S/C11H14N2S.C4H4O4/c1-13-9-2-3-10(13)7-8(6-9)11-12-4-5-14-11;5-3(6)1-2-4(7)8/h4-6,9-10H,2-3,7H2,1H3;1-2H,(H,5,6)(H,7,8)/b;2-1+. The van der Waals surface area contributed by atoms with Crippen molar-refractivity contribution in [3.8, 4) is 0 Å². The molecule has 0 aromatic carbocycles. The first-order valence-electron chi connectivity index (χ1n) is 6.94. The highest BCUT2D eigenvalue weighted by Gasteiger charge is 2.34. The maximum Gasteiger partial charge on any atom is 0.328 e. The summed E-state index contributed by atoms with van der Waals surface area (Å²) in [6, 6.07) is 1.44. The fraction of sp³-hybridized carbons (Fsp3) is 0.400. The first-order valence-corrected chi connectivity index (χ1v) is 7.81. The van der Waals surface area contributed by atoms with Gasteiger partial charge in [-0.3, -0.25) is 4.90 Å². The second-order valence-electron chi connectivity index (χ2n) is 5.21. The first kappa shape index (κ1) is 16.4. The topological polar surface area (TPSA) is 90.7 Å². The van der Waals surface area contributed by atoms with E-state index in [9.17, 15) is 9.59 Å². The second-order valence-corrected chi connectivity index (χ2v) is 6.10. The smallest absolute Gasteiger partial charge is 0.328 e. The van der Waals surface area contributed by atoms with Crippen LogP contribution in [0.4, 0.5) is 0 Å². The lowest BCUT2D eigenvalue weighted by atomic mass is 10.0. The Balaban J connectivity index is 0.000000192. The van der Waals surface area contributed by atoms with Crippen LogP contribution in [0.2, 0.25) is 0 Å². The largest absolute Gasteiger partial charge is 0.478 e. The van der Waals surface area contributed by atoms with Gasteiger partial charge in [0, 0.05) is 35.8 Å². The van der Waals surface area contributed by atoms with Crippen LogP contribution in [0, 0.1) is 0 Å². The highest BCUT2D eigenvalue weighted by atomic mass is 32.1. The molecule has 118 valence electrons. The van der Waals surface area contributed by atoms with Crippen molar-refractivity contribution in [1.29, 1.82) is 0 Å². The number of thiazole rings is 1. The van der Waals surface area contributed by atoms with Crippen molar-refractivity contribution in [2.75, 3.05) is 7.05 Å². The summed E-state index contributed by atoms with van der Waals surface area (Å²) in [7, 11) is 2.25. The Hall–Kier alpha value is -1.99. The number of carboxylic acid groups (broad SMARTS) is 2. The molecule has 0 amide bonds. The van der Waals surface area contributed by atoms with Crippen molar-refractivity contribution in [2.45, 2.75) is 31.3 Å². The number of aliphatic carboxylic acids is 2. The van der Waals surface area contributed by atoms with Crippen molar-refractivity contribution in [1.82, 2.24) is 9.88 Å². The van der Waals surface area contributed by atoms with Crippen molar-refractivity contribution in [2.24, 2.45) is 0 Å². The fourth-order valence-electron chi connectivity index (χ4n) is 2.73. The third-order valence-corrected chi connectivity index (χ3v) is 4.67. The number of hydrogen-bond donors (Lipinski definition) is 2. The van der Waals surface area contributed by atoms with Crippen LogP contribution in [-0.2, 0) is 9.59 Å². The molecule has 7 heteroatoms. The summed E-state index contributed by atoms with van der Waals surface area (Å²) in [4.78, 5) is 26.0. The lowest BCUT2D eigenvalue weighted by Crippen LogP contribution is -2.34. The van der Waals surface area contributed by atoms with Crippen LogP contribution in [0.5, 0.6) is 0 Å². The molecule has 3 heterocycles. The first-order chi connectivity index (χ1) is 10.5. The van der Waals surface area contributed by atoms with Gasteiger partial charge in [-0.1, -0.05) is 6.08 Å². The minimum absolute atomic E-state index is 0.558. The molecule has 0 saturated carbocycles. The number of fused-ring (bicyclic) bond motifs is 2. The summed E-state index contributed by atoms with van der Waals surface area (Å²) in [5.74, 6) is -2.51. The number of aromatic nitrogens is 1. The molecule has 1 aromatic heterocycles. The van der Waals surface area contributed by atoms with E-state index in [1.165, 1.54) is 29.8 Å². The van der Waals surface area contributed by atoms with Crippen molar-refractivity contribution >= 4 is 28.8 Å². The van der Waals surface area contributed by atoms with Gasteiger partial charge in [-0.2, -0.15) is 0 Å². The summed E-state index contributed by atoms with van der Waals surface area (Å²) in [5, 5.41) is 18.9. The van der Waals surface area contributed by atoms with E-state index in [-0.39, 0.29) is 0 Å². The summed E-state index contributed by atoms with van der Waals surface area (Å²) in [6.45, 7) is 0. The Labute approximate surface area is 132 Å². The van der Waals surface area contributed by atoms with Gasteiger partial charge in [0.15, 0.2) is 0 Å². The Morgan fingerprint density at radius 2 is 2.00 bits per heavy atom. The van der Waals surface area contributed by atoms with E-state index in [0.717, 1.165) is 6.04 Å². The van der Waals surface area contributed by atoms with Crippen LogP contribution in [0.15, 0.2) is 29.8 Å². The third kappa shape index (κ3) is 4.25. The molecule has 6 nitrogen and oxygen atoms in total. The van der Waals surface area contributed by atoms with E-state index in [0.29, 0.717) is 18.2 Å². The zero-order valence-electron chi connectivity index (χ0n) is 12.2. The molecule has 2 N–H and O–H groups in total. The molecule has 0 spiro atoms. The summed E-state index contributed by atoms with van der Waals surface area (Å²) in [5.41, 5.74) is 1.48. The number of carbonyl (C=O) groups is 2. The van der Waals surface area contributed by atoms with Crippen molar-refractivity contribution in [3.63, 3.8) is 0 Å². The normalized spacial score (nSPS) is 23.8. The molecule has 0 aliphatic carbocycles. The van der Waals surface area contributed by atoms with Gasteiger partial charge < -0.3 is 10.2 Å². The molecular weight excluding hydrogens is 304 g/mol. The predicted molar refractivity (Wildman–Crippen MR) is 83.7 cm³/mol. The van der Waals surface area contributed by atoms with E-state index < -0.39 is 11.9 Å². The molecule has 3 rings (SSSR count). The molecule has 2 bridgehead atoms. The van der Waals surface area contributed by atoms with Crippen LogP contribution in [0.25, 0.3) is 5.57 Å². The van der Waals surface area contributed by atoms with Gasteiger partial charge in [0.25, 0.3) is 0 Å². The summed E-state index contributed by atoms with van der Waals surface area (Å²) < 4.78 is 0. The van der Waals surface area contributed by atoms with Gasteiger partial charge >= 0.3 is 11.9 Å².